The van der Waals surface area contributed by atoms with E-state index in [1.807, 2.05) is 19.1 Å². The van der Waals surface area contributed by atoms with Crippen molar-refractivity contribution in [3.05, 3.63) is 64.2 Å². The Morgan fingerprint density at radius 1 is 1.07 bits per heavy atom. The van der Waals surface area contributed by atoms with Crippen LogP contribution < -0.4 is 0 Å². The third kappa shape index (κ3) is 4.86. The summed E-state index contributed by atoms with van der Waals surface area (Å²) in [5.74, 6) is -1.19. The Bertz CT molecular complexity index is 1010. The average Bonchev–Trinajstić information content (AvgIpc) is 3.28. The monoisotopic (exact) mass is 435 g/mol. The van der Waals surface area contributed by atoms with Gasteiger partial charge in [0.05, 0.1) is 15.5 Å². The van der Waals surface area contributed by atoms with Gasteiger partial charge in [0.15, 0.2) is 12.4 Å². The molecule has 154 valence electrons. The summed E-state index contributed by atoms with van der Waals surface area (Å²) in [6.45, 7) is 2.47. The van der Waals surface area contributed by atoms with Crippen LogP contribution in [0.25, 0.3) is 0 Å². The van der Waals surface area contributed by atoms with E-state index in [1.165, 1.54) is 22.5 Å². The van der Waals surface area contributed by atoms with E-state index in [9.17, 15) is 18.0 Å². The zero-order valence-corrected chi connectivity index (χ0v) is 17.6. The molecule has 0 atom stereocenters. The van der Waals surface area contributed by atoms with Crippen molar-refractivity contribution < 1.29 is 22.7 Å². The molecule has 0 aliphatic carbocycles. The van der Waals surface area contributed by atoms with Crippen LogP contribution in [0, 0.1) is 0 Å². The molecule has 0 amide bonds. The lowest BCUT2D eigenvalue weighted by Gasteiger charge is -2.16. The van der Waals surface area contributed by atoms with Crippen molar-refractivity contribution in [2.24, 2.45) is 0 Å². The van der Waals surface area contributed by atoms with E-state index in [4.69, 9.17) is 16.3 Å². The number of hydrogen-bond donors (Lipinski definition) is 0. The number of sulfonamides is 1. The van der Waals surface area contributed by atoms with Crippen LogP contribution in [-0.4, -0.2) is 44.2 Å². The van der Waals surface area contributed by atoms with Gasteiger partial charge in [0.25, 0.3) is 0 Å². The number of halogens is 1. The van der Waals surface area contributed by atoms with Gasteiger partial charge in [0, 0.05) is 18.7 Å². The summed E-state index contributed by atoms with van der Waals surface area (Å²) in [7, 11) is -3.69. The number of hydrogen-bond acceptors (Lipinski definition) is 5. The summed E-state index contributed by atoms with van der Waals surface area (Å²) in [5, 5.41) is 0.0649. The summed E-state index contributed by atoms with van der Waals surface area (Å²) < 4.78 is 31.9. The highest BCUT2D eigenvalue weighted by Crippen LogP contribution is 2.26. The standard InChI is InChI=1S/C21H22ClNO5S/c1-2-15-5-7-16(8-6-15)20(24)14-28-21(25)18-13-17(9-10-19(18)22)29(26,27)23-11-3-4-12-23/h5-10,13H,2-4,11-12,14H2,1H3. The molecule has 2 aromatic carbocycles. The van der Waals surface area contributed by atoms with Crippen LogP contribution >= 0.6 is 11.6 Å². The van der Waals surface area contributed by atoms with Crippen LogP contribution in [0.1, 0.15) is 46.0 Å². The summed E-state index contributed by atoms with van der Waals surface area (Å²) in [4.78, 5) is 24.7. The van der Waals surface area contributed by atoms with Gasteiger partial charge in [-0.15, -0.1) is 0 Å². The molecule has 0 radical (unpaired) electrons. The van der Waals surface area contributed by atoms with Gasteiger partial charge < -0.3 is 4.74 Å². The molecule has 1 aliphatic heterocycles. The Kier molecular flexibility index (Phi) is 6.72. The van der Waals surface area contributed by atoms with Crippen LogP contribution in [0.5, 0.6) is 0 Å². The lowest BCUT2D eigenvalue weighted by molar-refractivity contribution is 0.0474. The van der Waals surface area contributed by atoms with Crippen LogP contribution in [0.15, 0.2) is 47.4 Å². The Morgan fingerprint density at radius 2 is 1.72 bits per heavy atom. The molecule has 0 spiro atoms. The second kappa shape index (κ2) is 9.07. The van der Waals surface area contributed by atoms with E-state index < -0.39 is 22.6 Å². The highest BCUT2D eigenvalue weighted by atomic mass is 35.5. The maximum absolute atomic E-state index is 12.7. The van der Waals surface area contributed by atoms with E-state index in [0.717, 1.165) is 24.8 Å². The van der Waals surface area contributed by atoms with Crippen molar-refractivity contribution in [2.75, 3.05) is 19.7 Å². The second-order valence-electron chi connectivity index (χ2n) is 6.80. The third-order valence-corrected chi connectivity index (χ3v) is 7.10. The highest BCUT2D eigenvalue weighted by molar-refractivity contribution is 7.89. The maximum atomic E-state index is 12.7. The fourth-order valence-electron chi connectivity index (χ4n) is 3.12. The molecule has 0 saturated carbocycles. The van der Waals surface area contributed by atoms with Crippen LogP contribution in [-0.2, 0) is 21.2 Å². The predicted octanol–water partition coefficient (Wildman–Crippen LogP) is 3.73. The van der Waals surface area contributed by atoms with Gasteiger partial charge >= 0.3 is 5.97 Å². The van der Waals surface area contributed by atoms with Gasteiger partial charge in [0.2, 0.25) is 10.0 Å². The SMILES string of the molecule is CCc1ccc(C(=O)COC(=O)c2cc(S(=O)(=O)N3CCCC3)ccc2Cl)cc1. The normalized spacial score (nSPS) is 14.7. The Hall–Kier alpha value is -2.22. The van der Waals surface area contributed by atoms with Crippen molar-refractivity contribution in [2.45, 2.75) is 31.1 Å². The number of benzene rings is 2. The van der Waals surface area contributed by atoms with Crippen molar-refractivity contribution in [1.29, 1.82) is 0 Å². The molecular weight excluding hydrogens is 414 g/mol. The molecule has 0 unspecified atom stereocenters. The molecule has 1 aliphatic rings. The van der Waals surface area contributed by atoms with Gasteiger partial charge in [0.1, 0.15) is 0 Å². The van der Waals surface area contributed by atoms with Gasteiger partial charge in [-0.05, 0) is 43.0 Å². The first-order valence-electron chi connectivity index (χ1n) is 9.42. The first-order valence-corrected chi connectivity index (χ1v) is 11.2. The van der Waals surface area contributed by atoms with Crippen molar-refractivity contribution in [1.82, 2.24) is 4.31 Å². The Balaban J connectivity index is 1.72. The quantitative estimate of drug-likeness (QED) is 0.489. The summed E-state index contributed by atoms with van der Waals surface area (Å²) in [6, 6.07) is 11.0. The van der Waals surface area contributed by atoms with E-state index in [0.29, 0.717) is 18.7 Å². The van der Waals surface area contributed by atoms with Gasteiger partial charge in [-0.1, -0.05) is 42.8 Å². The number of esters is 1. The Labute approximate surface area is 175 Å². The number of Topliss-reactive ketones (excluding diaryl/α,β-unsaturated/α-hetero) is 1. The summed E-state index contributed by atoms with van der Waals surface area (Å²) >= 11 is 6.07. The number of ether oxygens (including phenoxy) is 1. The molecule has 0 bridgehead atoms. The molecule has 1 heterocycles. The van der Waals surface area contributed by atoms with Gasteiger partial charge in [-0.25, -0.2) is 13.2 Å². The molecule has 6 nitrogen and oxygen atoms in total. The van der Waals surface area contributed by atoms with Crippen molar-refractivity contribution >= 4 is 33.4 Å². The van der Waals surface area contributed by atoms with E-state index >= 15 is 0 Å². The van der Waals surface area contributed by atoms with Crippen molar-refractivity contribution in [3.8, 4) is 0 Å². The minimum Gasteiger partial charge on any atom is -0.454 e. The number of nitrogens with zero attached hydrogens (tertiary/aromatic N) is 1. The molecule has 2 aromatic rings. The van der Waals surface area contributed by atoms with Crippen LogP contribution in [0.2, 0.25) is 5.02 Å². The highest BCUT2D eigenvalue weighted by Gasteiger charge is 2.28. The van der Waals surface area contributed by atoms with Crippen LogP contribution in [0.3, 0.4) is 0 Å². The molecule has 8 heteroatoms. The number of rotatable bonds is 7. The molecule has 3 rings (SSSR count). The molecule has 0 aromatic heterocycles. The predicted molar refractivity (Wildman–Crippen MR) is 110 cm³/mol. The lowest BCUT2D eigenvalue weighted by Crippen LogP contribution is -2.28. The summed E-state index contributed by atoms with van der Waals surface area (Å²) in [6.07, 6.45) is 2.48. The fourth-order valence-corrected chi connectivity index (χ4v) is 4.86. The van der Waals surface area contributed by atoms with E-state index in [-0.39, 0.29) is 21.3 Å². The second-order valence-corrected chi connectivity index (χ2v) is 9.15. The third-order valence-electron chi connectivity index (χ3n) is 4.88. The average molecular weight is 436 g/mol. The largest absolute Gasteiger partial charge is 0.454 e. The van der Waals surface area contributed by atoms with Gasteiger partial charge in [-0.2, -0.15) is 4.31 Å². The minimum absolute atomic E-state index is 0.0165. The van der Waals surface area contributed by atoms with E-state index in [2.05, 4.69) is 0 Å². The van der Waals surface area contributed by atoms with E-state index in [1.54, 1.807) is 12.1 Å². The topological polar surface area (TPSA) is 80.8 Å². The number of ketones is 1. The molecule has 29 heavy (non-hydrogen) atoms. The zero-order chi connectivity index (χ0) is 21.0. The van der Waals surface area contributed by atoms with Gasteiger partial charge in [-0.3, -0.25) is 4.79 Å². The number of carbonyl (C=O) groups is 2. The molecule has 1 saturated heterocycles. The smallest absolute Gasteiger partial charge is 0.340 e. The minimum atomic E-state index is -3.69. The molecular formula is C21H22ClNO5S. The first-order chi connectivity index (χ1) is 13.8. The molecule has 1 fully saturated rings. The van der Waals surface area contributed by atoms with Crippen molar-refractivity contribution in [3.63, 3.8) is 0 Å². The Morgan fingerprint density at radius 3 is 2.34 bits per heavy atom. The fraction of sp³-hybridized carbons (Fsp3) is 0.333. The maximum Gasteiger partial charge on any atom is 0.340 e. The first kappa shape index (κ1) is 21.5. The number of aryl methyl sites for hydroxylation is 1. The lowest BCUT2D eigenvalue weighted by atomic mass is 10.1. The zero-order valence-electron chi connectivity index (χ0n) is 16.1. The molecule has 0 N–H and O–H groups in total. The number of carbonyl (C=O) groups excluding carboxylic acids is 2. The van der Waals surface area contributed by atoms with Crippen LogP contribution in [0.4, 0.5) is 0 Å². The summed E-state index contributed by atoms with van der Waals surface area (Å²) in [5.41, 5.74) is 1.45.